The monoisotopic (exact) mass is 485 g/mol. The van der Waals surface area contributed by atoms with Crippen LogP contribution >= 0.6 is 23.7 Å². The summed E-state index contributed by atoms with van der Waals surface area (Å²) in [5.41, 5.74) is 1.41. The van der Waals surface area contributed by atoms with Crippen molar-refractivity contribution < 1.29 is 14.3 Å². The molecule has 0 atom stereocenters. The number of aromatic nitrogens is 1. The molecule has 0 fully saturated rings. The van der Waals surface area contributed by atoms with Gasteiger partial charge in [-0.3, -0.25) is 9.69 Å². The van der Waals surface area contributed by atoms with E-state index in [1.165, 1.54) is 11.3 Å². The fraction of sp³-hybridized carbons (Fsp3) is 0.280. The van der Waals surface area contributed by atoms with Crippen molar-refractivity contribution in [2.45, 2.75) is 6.92 Å². The summed E-state index contributed by atoms with van der Waals surface area (Å²) in [6.07, 6.45) is 0. The van der Waals surface area contributed by atoms with Gasteiger partial charge in [-0.1, -0.05) is 41.7 Å². The minimum Gasteiger partial charge on any atom is -0.497 e. The molecule has 0 N–H and O–H groups in total. The highest BCUT2D eigenvalue weighted by molar-refractivity contribution is 7.22. The van der Waals surface area contributed by atoms with E-state index in [1.54, 1.807) is 12.0 Å². The molecule has 4 rings (SSSR count). The molecular formula is C25H28ClN3O3S. The van der Waals surface area contributed by atoms with Crippen molar-refractivity contribution in [3.05, 3.63) is 60.2 Å². The van der Waals surface area contributed by atoms with E-state index >= 15 is 0 Å². The molecule has 0 radical (unpaired) electrons. The van der Waals surface area contributed by atoms with E-state index in [9.17, 15) is 4.79 Å². The maximum Gasteiger partial charge on any atom is 0.264 e. The second kappa shape index (κ2) is 10.8. The molecule has 0 unspecified atom stereocenters. The predicted octanol–water partition coefficient (Wildman–Crippen LogP) is 5.49. The fourth-order valence-electron chi connectivity index (χ4n) is 3.60. The van der Waals surface area contributed by atoms with Gasteiger partial charge in [0.05, 0.1) is 29.5 Å². The zero-order chi connectivity index (χ0) is 22.7. The Morgan fingerprint density at radius 2 is 1.85 bits per heavy atom. The smallest absolute Gasteiger partial charge is 0.264 e. The second-order valence-corrected chi connectivity index (χ2v) is 8.69. The molecule has 1 heterocycles. The van der Waals surface area contributed by atoms with Crippen molar-refractivity contribution in [1.82, 2.24) is 9.88 Å². The van der Waals surface area contributed by atoms with Gasteiger partial charge in [0, 0.05) is 13.1 Å². The van der Waals surface area contributed by atoms with Crippen molar-refractivity contribution in [3.63, 3.8) is 0 Å². The second-order valence-electron chi connectivity index (χ2n) is 7.68. The molecule has 1 amide bonds. The summed E-state index contributed by atoms with van der Waals surface area (Å²) in [7, 11) is 5.64. The number of rotatable bonds is 8. The van der Waals surface area contributed by atoms with Gasteiger partial charge in [0.2, 0.25) is 0 Å². The molecule has 3 aromatic carbocycles. The summed E-state index contributed by atoms with van der Waals surface area (Å²) in [6.45, 7) is 3.63. The van der Waals surface area contributed by atoms with Crippen molar-refractivity contribution in [2.75, 3.05) is 45.8 Å². The van der Waals surface area contributed by atoms with Gasteiger partial charge in [0.1, 0.15) is 11.5 Å². The lowest BCUT2D eigenvalue weighted by molar-refractivity contribution is 0.0983. The summed E-state index contributed by atoms with van der Waals surface area (Å²) in [6, 6.07) is 17.5. The van der Waals surface area contributed by atoms with E-state index in [-0.39, 0.29) is 18.3 Å². The maximum absolute atomic E-state index is 14.0. The molecule has 0 saturated carbocycles. The highest BCUT2D eigenvalue weighted by Gasteiger charge is 2.26. The number of nitrogens with zero attached hydrogens (tertiary/aromatic N) is 3. The van der Waals surface area contributed by atoms with Gasteiger partial charge >= 0.3 is 0 Å². The summed E-state index contributed by atoms with van der Waals surface area (Å²) < 4.78 is 12.2. The Morgan fingerprint density at radius 1 is 1.06 bits per heavy atom. The number of fused-ring (bicyclic) bond motifs is 2. The third-order valence-corrected chi connectivity index (χ3v) is 6.28. The first-order chi connectivity index (χ1) is 15.5. The number of anilines is 1. The van der Waals surface area contributed by atoms with Crippen LogP contribution in [0, 0.1) is 0 Å². The van der Waals surface area contributed by atoms with Crippen LogP contribution in [0.3, 0.4) is 0 Å². The first-order valence-electron chi connectivity index (χ1n) is 10.6. The highest BCUT2D eigenvalue weighted by Crippen LogP contribution is 2.35. The van der Waals surface area contributed by atoms with E-state index in [0.717, 1.165) is 26.7 Å². The Bertz CT molecular complexity index is 1260. The third kappa shape index (κ3) is 5.21. The Labute approximate surface area is 204 Å². The molecule has 6 nitrogen and oxygen atoms in total. The van der Waals surface area contributed by atoms with Crippen molar-refractivity contribution in [1.29, 1.82) is 0 Å². The van der Waals surface area contributed by atoms with Crippen molar-refractivity contribution in [3.8, 4) is 11.5 Å². The Balaban J connectivity index is 0.00000306. The summed E-state index contributed by atoms with van der Waals surface area (Å²) in [5, 5.41) is 2.54. The Morgan fingerprint density at radius 3 is 2.58 bits per heavy atom. The average Bonchev–Trinajstić information content (AvgIpc) is 3.21. The molecule has 174 valence electrons. The topological polar surface area (TPSA) is 54.9 Å². The minimum atomic E-state index is -0.113. The number of hydrogen-bond donors (Lipinski definition) is 0. The van der Waals surface area contributed by atoms with Crippen LogP contribution in [0.2, 0.25) is 0 Å². The lowest BCUT2D eigenvalue weighted by Gasteiger charge is -2.24. The number of benzene rings is 3. The highest BCUT2D eigenvalue weighted by atomic mass is 35.5. The maximum atomic E-state index is 14.0. The number of amides is 1. The lowest BCUT2D eigenvalue weighted by Crippen LogP contribution is -2.37. The molecule has 8 heteroatoms. The number of halogens is 1. The van der Waals surface area contributed by atoms with Gasteiger partial charge < -0.3 is 14.4 Å². The minimum absolute atomic E-state index is 0. The van der Waals surface area contributed by atoms with Crippen LogP contribution in [0.5, 0.6) is 11.5 Å². The number of ether oxygens (including phenoxy) is 2. The van der Waals surface area contributed by atoms with Gasteiger partial charge in [-0.15, -0.1) is 12.4 Å². The molecule has 0 spiro atoms. The van der Waals surface area contributed by atoms with Crippen LogP contribution in [0.4, 0.5) is 5.13 Å². The van der Waals surface area contributed by atoms with E-state index in [2.05, 4.69) is 4.90 Å². The van der Waals surface area contributed by atoms with Gasteiger partial charge in [-0.05, 0) is 56.1 Å². The molecule has 0 aliphatic heterocycles. The molecule has 0 aliphatic rings. The number of thiazole rings is 1. The first kappa shape index (κ1) is 24.8. The first-order valence-corrected chi connectivity index (χ1v) is 11.4. The summed E-state index contributed by atoms with van der Waals surface area (Å²) in [5.74, 6) is 1.25. The van der Waals surface area contributed by atoms with Crippen LogP contribution in [0.25, 0.3) is 21.0 Å². The lowest BCUT2D eigenvalue weighted by atomic mass is 10.0. The third-order valence-electron chi connectivity index (χ3n) is 5.24. The zero-order valence-corrected chi connectivity index (χ0v) is 20.8. The zero-order valence-electron chi connectivity index (χ0n) is 19.2. The van der Waals surface area contributed by atoms with Crippen molar-refractivity contribution in [2.24, 2.45) is 0 Å². The van der Waals surface area contributed by atoms with Crippen molar-refractivity contribution >= 4 is 55.8 Å². The predicted molar refractivity (Wildman–Crippen MR) is 139 cm³/mol. The average molecular weight is 486 g/mol. The molecule has 1 aromatic heterocycles. The quantitative estimate of drug-likeness (QED) is 0.330. The normalized spacial score (nSPS) is 10.9. The van der Waals surface area contributed by atoms with E-state index in [0.29, 0.717) is 36.1 Å². The standard InChI is InChI=1S/C25H27N3O3S.ClH/c1-5-31-21-13-10-17-8-6-7-9-19(17)23(21)24(29)28(15-14-27(2)3)25-26-20-12-11-18(30-4)16-22(20)32-25;/h6-13,16H,5,14-15H2,1-4H3;1H. The molecule has 4 aromatic rings. The number of carbonyl (C=O) groups is 1. The molecular weight excluding hydrogens is 458 g/mol. The number of hydrogen-bond acceptors (Lipinski definition) is 6. The van der Waals surface area contributed by atoms with Crippen LogP contribution in [0.1, 0.15) is 17.3 Å². The Hall–Kier alpha value is -2.87. The molecule has 0 saturated heterocycles. The van der Waals surface area contributed by atoms with Crippen LogP contribution in [0.15, 0.2) is 54.6 Å². The summed E-state index contributed by atoms with van der Waals surface area (Å²) >= 11 is 1.49. The fourth-order valence-corrected chi connectivity index (χ4v) is 4.62. The SMILES string of the molecule is CCOc1ccc2ccccc2c1C(=O)N(CCN(C)C)c1nc2ccc(OC)cc2s1.Cl. The van der Waals surface area contributed by atoms with Gasteiger partial charge in [-0.25, -0.2) is 4.98 Å². The molecule has 0 bridgehead atoms. The van der Waals surface area contributed by atoms with Crippen LogP contribution < -0.4 is 14.4 Å². The molecule has 33 heavy (non-hydrogen) atoms. The van der Waals surface area contributed by atoms with Gasteiger partial charge in [0.25, 0.3) is 5.91 Å². The van der Waals surface area contributed by atoms with Crippen LogP contribution in [-0.2, 0) is 0 Å². The van der Waals surface area contributed by atoms with E-state index < -0.39 is 0 Å². The van der Waals surface area contributed by atoms with E-state index in [1.807, 2.05) is 75.6 Å². The largest absolute Gasteiger partial charge is 0.497 e. The van der Waals surface area contributed by atoms with E-state index in [4.69, 9.17) is 14.5 Å². The number of likely N-dealkylation sites (N-methyl/N-ethyl adjacent to an activating group) is 1. The Kier molecular flexibility index (Phi) is 8.13. The molecule has 0 aliphatic carbocycles. The number of carbonyl (C=O) groups excluding carboxylic acids is 1. The number of methoxy groups -OCH3 is 1. The summed E-state index contributed by atoms with van der Waals surface area (Å²) in [4.78, 5) is 22.6. The van der Waals surface area contributed by atoms with Gasteiger partial charge in [-0.2, -0.15) is 0 Å². The van der Waals surface area contributed by atoms with Crippen LogP contribution in [-0.4, -0.2) is 56.7 Å². The van der Waals surface area contributed by atoms with Gasteiger partial charge in [0.15, 0.2) is 5.13 Å².